The summed E-state index contributed by atoms with van der Waals surface area (Å²) in [5.74, 6) is 1.04. The van der Waals surface area contributed by atoms with E-state index >= 15 is 0 Å². The van der Waals surface area contributed by atoms with Gasteiger partial charge in [-0.05, 0) is 37.6 Å². The molecule has 1 saturated heterocycles. The van der Waals surface area contributed by atoms with E-state index in [4.69, 9.17) is 11.6 Å². The third-order valence-corrected chi connectivity index (χ3v) is 3.34. The molecule has 5 heteroatoms. The summed E-state index contributed by atoms with van der Waals surface area (Å²) in [6.45, 7) is 1.09. The number of benzene rings is 1. The van der Waals surface area contributed by atoms with Crippen molar-refractivity contribution in [2.75, 3.05) is 6.54 Å². The van der Waals surface area contributed by atoms with Crippen molar-refractivity contribution >= 4 is 35.0 Å². The summed E-state index contributed by atoms with van der Waals surface area (Å²) in [6, 6.07) is 6.14. The summed E-state index contributed by atoms with van der Waals surface area (Å²) in [6.07, 6.45) is 3.70. The topological polar surface area (TPSA) is 40.7 Å². The first-order chi connectivity index (χ1) is 7.83. The molecule has 0 amide bonds. The molecule has 1 aromatic carbocycles. The third-order valence-electron chi connectivity index (χ3n) is 3.10. The Hall–Kier alpha value is -0.770. The van der Waals surface area contributed by atoms with E-state index in [0.29, 0.717) is 6.04 Å². The first kappa shape index (κ1) is 12.7. The first-order valence-corrected chi connectivity index (χ1v) is 6.09. The van der Waals surface area contributed by atoms with Gasteiger partial charge in [-0.3, -0.25) is 0 Å². The molecule has 3 nitrogen and oxygen atoms in total. The summed E-state index contributed by atoms with van der Waals surface area (Å²) < 4.78 is 0. The molecule has 2 heterocycles. The molecule has 92 valence electrons. The Kier molecular flexibility index (Phi) is 3.92. The van der Waals surface area contributed by atoms with Crippen molar-refractivity contribution in [3.8, 4) is 0 Å². The second-order valence-electron chi connectivity index (χ2n) is 4.29. The van der Waals surface area contributed by atoms with E-state index in [-0.39, 0.29) is 12.4 Å². The number of aromatic amines is 1. The van der Waals surface area contributed by atoms with Gasteiger partial charge in [-0.2, -0.15) is 0 Å². The number of hydrogen-bond donors (Lipinski definition) is 2. The molecule has 1 unspecified atom stereocenters. The third kappa shape index (κ3) is 2.57. The fourth-order valence-corrected chi connectivity index (χ4v) is 2.42. The molecular weight excluding hydrogens is 257 g/mol. The van der Waals surface area contributed by atoms with Gasteiger partial charge < -0.3 is 10.3 Å². The van der Waals surface area contributed by atoms with Gasteiger partial charge >= 0.3 is 0 Å². The second-order valence-corrected chi connectivity index (χ2v) is 4.72. The van der Waals surface area contributed by atoms with Crippen LogP contribution < -0.4 is 5.32 Å². The second kappa shape index (κ2) is 5.25. The SMILES string of the molecule is Cl.Clc1ccc2nc(C3CCCCN3)[nH]c2c1. The monoisotopic (exact) mass is 271 g/mol. The Bertz CT molecular complexity index is 503. The average molecular weight is 272 g/mol. The maximum Gasteiger partial charge on any atom is 0.124 e. The number of H-pyrrole nitrogens is 1. The number of nitrogens with zero attached hydrogens (tertiary/aromatic N) is 1. The maximum atomic E-state index is 5.95. The van der Waals surface area contributed by atoms with Crippen LogP contribution in [0.5, 0.6) is 0 Å². The number of rotatable bonds is 1. The Morgan fingerprint density at radius 3 is 2.94 bits per heavy atom. The van der Waals surface area contributed by atoms with Crippen LogP contribution in [0.25, 0.3) is 11.0 Å². The molecular formula is C12H15Cl2N3. The van der Waals surface area contributed by atoms with Crippen molar-refractivity contribution in [2.24, 2.45) is 0 Å². The minimum Gasteiger partial charge on any atom is -0.341 e. The van der Waals surface area contributed by atoms with Gasteiger partial charge in [0.05, 0.1) is 17.1 Å². The highest BCUT2D eigenvalue weighted by molar-refractivity contribution is 6.31. The number of piperidine rings is 1. The highest BCUT2D eigenvalue weighted by atomic mass is 35.5. The van der Waals surface area contributed by atoms with Crippen LogP contribution in [0.4, 0.5) is 0 Å². The number of imidazole rings is 1. The first-order valence-electron chi connectivity index (χ1n) is 5.71. The van der Waals surface area contributed by atoms with Crippen molar-refractivity contribution in [1.29, 1.82) is 0 Å². The van der Waals surface area contributed by atoms with E-state index in [1.165, 1.54) is 12.8 Å². The van der Waals surface area contributed by atoms with Crippen LogP contribution >= 0.6 is 24.0 Å². The standard InChI is InChI=1S/C12H14ClN3.ClH/c13-8-4-5-9-11(7-8)16-12(15-9)10-3-1-2-6-14-10;/h4-5,7,10,14H,1-3,6H2,(H,15,16);1H. The van der Waals surface area contributed by atoms with Crippen LogP contribution in [0.2, 0.25) is 5.02 Å². The fourth-order valence-electron chi connectivity index (χ4n) is 2.25. The summed E-state index contributed by atoms with van der Waals surface area (Å²) in [4.78, 5) is 7.95. The lowest BCUT2D eigenvalue weighted by molar-refractivity contribution is 0.400. The minimum atomic E-state index is 0. The number of halogens is 2. The van der Waals surface area contributed by atoms with Gasteiger partial charge in [-0.1, -0.05) is 18.0 Å². The summed E-state index contributed by atoms with van der Waals surface area (Å²) in [7, 11) is 0. The van der Waals surface area contributed by atoms with Crippen molar-refractivity contribution < 1.29 is 0 Å². The lowest BCUT2D eigenvalue weighted by Gasteiger charge is -2.21. The zero-order chi connectivity index (χ0) is 11.0. The minimum absolute atomic E-state index is 0. The smallest absolute Gasteiger partial charge is 0.124 e. The lowest BCUT2D eigenvalue weighted by atomic mass is 10.0. The summed E-state index contributed by atoms with van der Waals surface area (Å²) in [5, 5.41) is 4.23. The largest absolute Gasteiger partial charge is 0.341 e. The van der Waals surface area contributed by atoms with Gasteiger partial charge in [0, 0.05) is 5.02 Å². The zero-order valence-corrected chi connectivity index (χ0v) is 10.9. The van der Waals surface area contributed by atoms with Gasteiger partial charge in [0.15, 0.2) is 0 Å². The lowest BCUT2D eigenvalue weighted by Crippen LogP contribution is -2.27. The van der Waals surface area contributed by atoms with Gasteiger partial charge in [0.2, 0.25) is 0 Å². The molecule has 1 aliphatic heterocycles. The van der Waals surface area contributed by atoms with Gasteiger partial charge in [0.1, 0.15) is 5.82 Å². The molecule has 1 aliphatic rings. The van der Waals surface area contributed by atoms with E-state index in [0.717, 1.165) is 34.8 Å². The van der Waals surface area contributed by atoms with Crippen LogP contribution in [0.15, 0.2) is 18.2 Å². The predicted molar refractivity (Wildman–Crippen MR) is 72.9 cm³/mol. The quantitative estimate of drug-likeness (QED) is 0.834. The van der Waals surface area contributed by atoms with Crippen LogP contribution in [-0.2, 0) is 0 Å². The van der Waals surface area contributed by atoms with E-state index in [1.807, 2.05) is 18.2 Å². The summed E-state index contributed by atoms with van der Waals surface area (Å²) in [5.41, 5.74) is 2.02. The molecule has 1 fully saturated rings. The highest BCUT2D eigenvalue weighted by Crippen LogP contribution is 2.24. The van der Waals surface area contributed by atoms with E-state index in [2.05, 4.69) is 15.3 Å². The molecule has 0 bridgehead atoms. The Morgan fingerprint density at radius 1 is 1.29 bits per heavy atom. The van der Waals surface area contributed by atoms with Crippen molar-refractivity contribution in [2.45, 2.75) is 25.3 Å². The molecule has 0 spiro atoms. The van der Waals surface area contributed by atoms with Crippen LogP contribution in [0, 0.1) is 0 Å². The number of nitrogens with one attached hydrogen (secondary N) is 2. The van der Waals surface area contributed by atoms with E-state index < -0.39 is 0 Å². The zero-order valence-electron chi connectivity index (χ0n) is 9.37. The van der Waals surface area contributed by atoms with Gasteiger partial charge in [-0.15, -0.1) is 12.4 Å². The maximum absolute atomic E-state index is 5.95. The predicted octanol–water partition coefficient (Wildman–Crippen LogP) is 3.45. The number of hydrogen-bond acceptors (Lipinski definition) is 2. The van der Waals surface area contributed by atoms with Crippen molar-refractivity contribution in [1.82, 2.24) is 15.3 Å². The molecule has 3 rings (SSSR count). The molecule has 2 aromatic rings. The van der Waals surface area contributed by atoms with E-state index in [9.17, 15) is 0 Å². The molecule has 17 heavy (non-hydrogen) atoms. The molecule has 0 aliphatic carbocycles. The Labute approximate surface area is 111 Å². The van der Waals surface area contributed by atoms with Crippen LogP contribution in [-0.4, -0.2) is 16.5 Å². The fraction of sp³-hybridized carbons (Fsp3) is 0.417. The van der Waals surface area contributed by atoms with Crippen LogP contribution in [0.1, 0.15) is 31.1 Å². The summed E-state index contributed by atoms with van der Waals surface area (Å²) >= 11 is 5.95. The van der Waals surface area contributed by atoms with Crippen molar-refractivity contribution in [3.63, 3.8) is 0 Å². The van der Waals surface area contributed by atoms with Crippen LogP contribution in [0.3, 0.4) is 0 Å². The molecule has 1 atom stereocenters. The number of aromatic nitrogens is 2. The normalized spacial score (nSPS) is 20.2. The van der Waals surface area contributed by atoms with Gasteiger partial charge in [-0.25, -0.2) is 4.98 Å². The molecule has 1 aromatic heterocycles. The van der Waals surface area contributed by atoms with E-state index in [1.54, 1.807) is 0 Å². The molecule has 2 N–H and O–H groups in total. The van der Waals surface area contributed by atoms with Gasteiger partial charge in [0.25, 0.3) is 0 Å². The number of fused-ring (bicyclic) bond motifs is 1. The Morgan fingerprint density at radius 2 is 2.18 bits per heavy atom. The molecule has 0 radical (unpaired) electrons. The average Bonchev–Trinajstić information content (AvgIpc) is 2.73. The highest BCUT2D eigenvalue weighted by Gasteiger charge is 2.17. The Balaban J connectivity index is 0.00000108. The molecule has 0 saturated carbocycles. The van der Waals surface area contributed by atoms with Crippen molar-refractivity contribution in [3.05, 3.63) is 29.0 Å².